The van der Waals surface area contributed by atoms with E-state index in [1.54, 1.807) is 6.20 Å². The number of nitrogens with one attached hydrogen (secondary N) is 1. The fourth-order valence-corrected chi connectivity index (χ4v) is 3.01. The van der Waals surface area contributed by atoms with Gasteiger partial charge in [-0.15, -0.1) is 0 Å². The molecule has 1 aliphatic rings. The lowest BCUT2D eigenvalue weighted by atomic mass is 9.93. The molecule has 0 fully saturated rings. The Bertz CT molecular complexity index is 611. The highest BCUT2D eigenvalue weighted by Gasteiger charge is 2.23. The second-order valence-corrected chi connectivity index (χ2v) is 5.97. The molecule has 1 aliphatic carbocycles. The first-order chi connectivity index (χ1) is 9.15. The molecule has 2 heterocycles. The van der Waals surface area contributed by atoms with E-state index >= 15 is 0 Å². The van der Waals surface area contributed by atoms with Gasteiger partial charge in [-0.1, -0.05) is 11.6 Å². The molecule has 0 saturated carbocycles. The molecule has 1 N–H and O–H groups in total. The van der Waals surface area contributed by atoms with E-state index in [0.717, 1.165) is 23.0 Å². The molecule has 0 aliphatic heterocycles. The fourth-order valence-electron chi connectivity index (χ4n) is 2.56. The molecule has 2 aromatic heterocycles. The first-order valence-corrected chi connectivity index (χ1v) is 7.40. The van der Waals surface area contributed by atoms with Crippen molar-refractivity contribution in [3.63, 3.8) is 0 Å². The SMILES string of the molecule is Cn1ncc2c1CCCC2Nc1cnc(Cl)c(Br)c1. The maximum absolute atomic E-state index is 5.91. The fraction of sp³-hybridized carbons (Fsp3) is 0.385. The van der Waals surface area contributed by atoms with Crippen molar-refractivity contribution in [2.45, 2.75) is 25.3 Å². The topological polar surface area (TPSA) is 42.7 Å². The van der Waals surface area contributed by atoms with Gasteiger partial charge in [-0.2, -0.15) is 5.10 Å². The second-order valence-electron chi connectivity index (χ2n) is 4.76. The van der Waals surface area contributed by atoms with Gasteiger partial charge in [-0.3, -0.25) is 4.68 Å². The summed E-state index contributed by atoms with van der Waals surface area (Å²) in [5.74, 6) is 0. The minimum absolute atomic E-state index is 0.298. The van der Waals surface area contributed by atoms with Gasteiger partial charge < -0.3 is 5.32 Å². The van der Waals surface area contributed by atoms with Crippen molar-refractivity contribution in [2.24, 2.45) is 7.05 Å². The van der Waals surface area contributed by atoms with E-state index in [0.29, 0.717) is 11.2 Å². The first kappa shape index (κ1) is 12.9. The minimum Gasteiger partial charge on any atom is -0.377 e. The molecule has 0 radical (unpaired) electrons. The summed E-state index contributed by atoms with van der Waals surface area (Å²) in [5, 5.41) is 8.35. The quantitative estimate of drug-likeness (QED) is 0.847. The Kier molecular flexibility index (Phi) is 3.50. The average Bonchev–Trinajstić information content (AvgIpc) is 2.77. The molecule has 3 rings (SSSR count). The molecule has 0 amide bonds. The van der Waals surface area contributed by atoms with E-state index in [4.69, 9.17) is 11.6 Å². The molecule has 100 valence electrons. The molecular formula is C13H14BrClN4. The van der Waals surface area contributed by atoms with Crippen LogP contribution < -0.4 is 5.32 Å². The molecule has 4 nitrogen and oxygen atoms in total. The Morgan fingerprint density at radius 1 is 1.47 bits per heavy atom. The summed E-state index contributed by atoms with van der Waals surface area (Å²) >= 11 is 9.30. The largest absolute Gasteiger partial charge is 0.377 e. The van der Waals surface area contributed by atoms with Crippen molar-refractivity contribution in [1.82, 2.24) is 14.8 Å². The van der Waals surface area contributed by atoms with Crippen LogP contribution in [-0.2, 0) is 13.5 Å². The van der Waals surface area contributed by atoms with Gasteiger partial charge in [0.1, 0.15) is 5.15 Å². The molecular weight excluding hydrogens is 328 g/mol. The van der Waals surface area contributed by atoms with Gasteiger partial charge in [0.15, 0.2) is 0 Å². The zero-order valence-electron chi connectivity index (χ0n) is 10.5. The van der Waals surface area contributed by atoms with Gasteiger partial charge in [0.25, 0.3) is 0 Å². The van der Waals surface area contributed by atoms with E-state index in [2.05, 4.69) is 31.3 Å². The van der Waals surface area contributed by atoms with Crippen LogP contribution in [0.25, 0.3) is 0 Å². The Hall–Kier alpha value is -1.07. The molecule has 6 heteroatoms. The van der Waals surface area contributed by atoms with Gasteiger partial charge in [-0.05, 0) is 41.3 Å². The summed E-state index contributed by atoms with van der Waals surface area (Å²) in [4.78, 5) is 4.14. The summed E-state index contributed by atoms with van der Waals surface area (Å²) in [6.45, 7) is 0. The average molecular weight is 342 g/mol. The van der Waals surface area contributed by atoms with Crippen molar-refractivity contribution in [1.29, 1.82) is 0 Å². The predicted molar refractivity (Wildman–Crippen MR) is 79.5 cm³/mol. The highest BCUT2D eigenvalue weighted by atomic mass is 79.9. The summed E-state index contributed by atoms with van der Waals surface area (Å²) < 4.78 is 2.78. The number of pyridine rings is 1. The van der Waals surface area contributed by atoms with Crippen LogP contribution in [-0.4, -0.2) is 14.8 Å². The summed E-state index contributed by atoms with van der Waals surface area (Å²) in [6.07, 6.45) is 7.11. The number of hydrogen-bond acceptors (Lipinski definition) is 3. The van der Waals surface area contributed by atoms with Gasteiger partial charge in [0, 0.05) is 18.3 Å². The second kappa shape index (κ2) is 5.13. The van der Waals surface area contributed by atoms with Crippen LogP contribution in [0, 0.1) is 0 Å². The van der Waals surface area contributed by atoms with E-state index in [1.807, 2.05) is 24.0 Å². The van der Waals surface area contributed by atoms with Crippen LogP contribution in [0.4, 0.5) is 5.69 Å². The maximum atomic E-state index is 5.91. The van der Waals surface area contributed by atoms with Crippen molar-refractivity contribution < 1.29 is 0 Å². The predicted octanol–water partition coefficient (Wildman–Crippen LogP) is 3.72. The molecule has 2 aromatic rings. The lowest BCUT2D eigenvalue weighted by molar-refractivity contribution is 0.571. The maximum Gasteiger partial charge on any atom is 0.143 e. The Labute approximate surface area is 125 Å². The van der Waals surface area contributed by atoms with Crippen molar-refractivity contribution in [2.75, 3.05) is 5.32 Å². The molecule has 0 aromatic carbocycles. The third-order valence-corrected chi connectivity index (χ3v) is 4.65. The van der Waals surface area contributed by atoms with Crippen LogP contribution in [0.5, 0.6) is 0 Å². The number of halogens is 2. The van der Waals surface area contributed by atoms with Crippen LogP contribution in [0.1, 0.15) is 30.1 Å². The minimum atomic E-state index is 0.298. The van der Waals surface area contributed by atoms with Crippen LogP contribution in [0.15, 0.2) is 22.9 Å². The third-order valence-electron chi connectivity index (χ3n) is 3.51. The Morgan fingerprint density at radius 2 is 2.32 bits per heavy atom. The number of hydrogen-bond donors (Lipinski definition) is 1. The Morgan fingerprint density at radius 3 is 3.11 bits per heavy atom. The van der Waals surface area contributed by atoms with E-state index < -0.39 is 0 Å². The van der Waals surface area contributed by atoms with Crippen molar-refractivity contribution in [3.05, 3.63) is 39.3 Å². The van der Waals surface area contributed by atoms with E-state index in [-0.39, 0.29) is 0 Å². The molecule has 1 unspecified atom stereocenters. The number of nitrogens with zero attached hydrogens (tertiary/aromatic N) is 3. The zero-order chi connectivity index (χ0) is 13.4. The standard InChI is InChI=1S/C13H14BrClN4/c1-19-12-4-2-3-11(9(12)7-17-19)18-8-5-10(14)13(15)16-6-8/h5-7,11,18H,2-4H2,1H3. The highest BCUT2D eigenvalue weighted by Crippen LogP contribution is 2.33. The van der Waals surface area contributed by atoms with Crippen molar-refractivity contribution in [3.8, 4) is 0 Å². The van der Waals surface area contributed by atoms with Crippen LogP contribution in [0.3, 0.4) is 0 Å². The number of aromatic nitrogens is 3. The van der Waals surface area contributed by atoms with E-state index in [1.165, 1.54) is 17.7 Å². The lowest BCUT2D eigenvalue weighted by Gasteiger charge is -2.24. The zero-order valence-corrected chi connectivity index (χ0v) is 12.9. The number of fused-ring (bicyclic) bond motifs is 1. The summed E-state index contributed by atoms with van der Waals surface area (Å²) in [6, 6.07) is 2.26. The normalized spacial score (nSPS) is 18.2. The number of aryl methyl sites for hydroxylation is 1. The van der Waals surface area contributed by atoms with Gasteiger partial charge in [-0.25, -0.2) is 4.98 Å². The number of rotatable bonds is 2. The number of anilines is 1. The molecule has 0 spiro atoms. The van der Waals surface area contributed by atoms with Gasteiger partial charge in [0.05, 0.1) is 28.6 Å². The molecule has 19 heavy (non-hydrogen) atoms. The first-order valence-electron chi connectivity index (χ1n) is 6.23. The summed E-state index contributed by atoms with van der Waals surface area (Å²) in [7, 11) is 2.00. The Balaban J connectivity index is 1.86. The van der Waals surface area contributed by atoms with Crippen molar-refractivity contribution >= 4 is 33.2 Å². The van der Waals surface area contributed by atoms with Crippen LogP contribution >= 0.6 is 27.5 Å². The molecule has 0 saturated heterocycles. The van der Waals surface area contributed by atoms with Crippen LogP contribution in [0.2, 0.25) is 5.15 Å². The summed E-state index contributed by atoms with van der Waals surface area (Å²) in [5.41, 5.74) is 3.59. The third kappa shape index (κ3) is 2.49. The smallest absolute Gasteiger partial charge is 0.143 e. The highest BCUT2D eigenvalue weighted by molar-refractivity contribution is 9.10. The monoisotopic (exact) mass is 340 g/mol. The lowest BCUT2D eigenvalue weighted by Crippen LogP contribution is -2.17. The molecule has 0 bridgehead atoms. The molecule has 1 atom stereocenters. The van der Waals surface area contributed by atoms with E-state index in [9.17, 15) is 0 Å². The van der Waals surface area contributed by atoms with Gasteiger partial charge in [0.2, 0.25) is 0 Å². The van der Waals surface area contributed by atoms with Gasteiger partial charge >= 0.3 is 0 Å².